The molecule has 1 saturated heterocycles. The average molecular weight is 395 g/mol. The van der Waals surface area contributed by atoms with E-state index >= 15 is 0 Å². The van der Waals surface area contributed by atoms with Gasteiger partial charge in [-0.1, -0.05) is 30.3 Å². The van der Waals surface area contributed by atoms with Gasteiger partial charge in [-0.2, -0.15) is 0 Å². The van der Waals surface area contributed by atoms with Crippen LogP contribution in [0.4, 0.5) is 5.82 Å². The summed E-state index contributed by atoms with van der Waals surface area (Å²) in [7, 11) is 1.57. The minimum absolute atomic E-state index is 0.0253. The van der Waals surface area contributed by atoms with Crippen molar-refractivity contribution in [1.82, 2.24) is 14.9 Å². The summed E-state index contributed by atoms with van der Waals surface area (Å²) in [6, 6.07) is 10.5. The molecule has 1 aromatic carbocycles. The summed E-state index contributed by atoms with van der Waals surface area (Å²) in [5.41, 5.74) is 3.58. The predicted octanol–water partition coefficient (Wildman–Crippen LogP) is 3.44. The maximum atomic E-state index is 12.6. The van der Waals surface area contributed by atoms with Crippen LogP contribution in [0.2, 0.25) is 0 Å². The van der Waals surface area contributed by atoms with Crippen molar-refractivity contribution in [3.8, 4) is 0 Å². The summed E-state index contributed by atoms with van der Waals surface area (Å²) in [6.45, 7) is 4.79. The van der Waals surface area contributed by atoms with Crippen molar-refractivity contribution < 1.29 is 9.53 Å². The van der Waals surface area contributed by atoms with Gasteiger partial charge in [-0.25, -0.2) is 9.97 Å². The normalized spacial score (nSPS) is 19.2. The molecule has 0 aliphatic carbocycles. The number of nitrogens with zero attached hydrogens (tertiary/aromatic N) is 4. The molecule has 1 amide bonds. The number of methoxy groups -OCH3 is 1. The first-order valence-corrected chi connectivity index (χ1v) is 10.6. The second-order valence-electron chi connectivity index (χ2n) is 8.01. The van der Waals surface area contributed by atoms with Crippen molar-refractivity contribution in [3.63, 3.8) is 0 Å². The maximum Gasteiger partial charge on any atom is 0.249 e. The smallest absolute Gasteiger partial charge is 0.249 e. The van der Waals surface area contributed by atoms with E-state index in [-0.39, 0.29) is 18.6 Å². The van der Waals surface area contributed by atoms with E-state index in [0.29, 0.717) is 0 Å². The molecule has 2 aliphatic rings. The molecule has 0 saturated carbocycles. The number of carbonyl (C=O) groups excluding carboxylic acids is 1. The lowest BCUT2D eigenvalue weighted by Gasteiger charge is -2.36. The Kier molecular flexibility index (Phi) is 6.09. The van der Waals surface area contributed by atoms with Crippen LogP contribution >= 0.6 is 0 Å². The third-order valence-corrected chi connectivity index (χ3v) is 5.97. The number of piperidine rings is 1. The molecule has 1 unspecified atom stereocenters. The molecule has 0 radical (unpaired) electrons. The topological polar surface area (TPSA) is 58.6 Å². The highest BCUT2D eigenvalue weighted by Crippen LogP contribution is 2.34. The van der Waals surface area contributed by atoms with Gasteiger partial charge in [-0.05, 0) is 44.6 Å². The van der Waals surface area contributed by atoms with Crippen LogP contribution in [0.5, 0.6) is 0 Å². The van der Waals surface area contributed by atoms with Gasteiger partial charge < -0.3 is 14.5 Å². The van der Waals surface area contributed by atoms with E-state index in [1.807, 2.05) is 11.0 Å². The van der Waals surface area contributed by atoms with Crippen LogP contribution in [0, 0.1) is 6.92 Å². The number of rotatable bonds is 5. The Bertz CT molecular complexity index is 855. The Labute approximate surface area is 172 Å². The third-order valence-electron chi connectivity index (χ3n) is 5.97. The first-order valence-electron chi connectivity index (χ1n) is 10.6. The molecular weight excluding hydrogens is 364 g/mol. The summed E-state index contributed by atoms with van der Waals surface area (Å²) in [4.78, 5) is 26.8. The fourth-order valence-corrected chi connectivity index (χ4v) is 4.52. The van der Waals surface area contributed by atoms with Crippen molar-refractivity contribution in [1.29, 1.82) is 0 Å². The monoisotopic (exact) mass is 394 g/mol. The van der Waals surface area contributed by atoms with Gasteiger partial charge in [-0.3, -0.25) is 4.79 Å². The first kappa shape index (κ1) is 19.8. The van der Waals surface area contributed by atoms with Crippen molar-refractivity contribution >= 4 is 11.7 Å². The molecule has 154 valence electrons. The van der Waals surface area contributed by atoms with Crippen LogP contribution in [0.25, 0.3) is 0 Å². The lowest BCUT2D eigenvalue weighted by Crippen LogP contribution is -2.41. The lowest BCUT2D eigenvalue weighted by molar-refractivity contribution is -0.139. The molecule has 6 nitrogen and oxygen atoms in total. The Morgan fingerprint density at radius 2 is 1.97 bits per heavy atom. The third kappa shape index (κ3) is 4.27. The summed E-state index contributed by atoms with van der Waals surface area (Å²) >= 11 is 0. The zero-order chi connectivity index (χ0) is 20.2. The SMILES string of the molecule is COCC(=O)N1CCCCC1c1nc(C)c2c(n1)N(Cc1ccccc1)CCC2. The number of amides is 1. The summed E-state index contributed by atoms with van der Waals surface area (Å²) in [5, 5.41) is 0. The molecule has 2 aromatic rings. The van der Waals surface area contributed by atoms with Crippen LogP contribution in [-0.4, -0.2) is 47.6 Å². The average Bonchev–Trinajstić information content (AvgIpc) is 2.75. The van der Waals surface area contributed by atoms with Gasteiger partial charge in [0, 0.05) is 38.0 Å². The predicted molar refractivity (Wildman–Crippen MR) is 113 cm³/mol. The maximum absolute atomic E-state index is 12.6. The van der Waals surface area contributed by atoms with Gasteiger partial charge >= 0.3 is 0 Å². The second-order valence-corrected chi connectivity index (χ2v) is 8.01. The van der Waals surface area contributed by atoms with Crippen molar-refractivity contribution in [2.24, 2.45) is 0 Å². The number of ether oxygens (including phenoxy) is 1. The largest absolute Gasteiger partial charge is 0.375 e. The number of aryl methyl sites for hydroxylation is 1. The van der Waals surface area contributed by atoms with Gasteiger partial charge in [0.25, 0.3) is 0 Å². The van der Waals surface area contributed by atoms with Crippen LogP contribution in [0.3, 0.4) is 0 Å². The fraction of sp³-hybridized carbons (Fsp3) is 0.522. The number of fused-ring (bicyclic) bond motifs is 1. The summed E-state index contributed by atoms with van der Waals surface area (Å²) in [5.74, 6) is 1.86. The molecular formula is C23H30N4O2. The van der Waals surface area contributed by atoms with Gasteiger partial charge in [0.05, 0.1) is 6.04 Å². The van der Waals surface area contributed by atoms with Crippen molar-refractivity contribution in [2.45, 2.75) is 51.6 Å². The second kappa shape index (κ2) is 8.91. The van der Waals surface area contributed by atoms with Gasteiger partial charge in [0.2, 0.25) is 5.91 Å². The van der Waals surface area contributed by atoms with Crippen LogP contribution in [-0.2, 0) is 22.5 Å². The lowest BCUT2D eigenvalue weighted by atomic mass is 9.99. The van der Waals surface area contributed by atoms with Crippen LogP contribution in [0.1, 0.15) is 54.4 Å². The first-order chi connectivity index (χ1) is 14.2. The van der Waals surface area contributed by atoms with Gasteiger partial charge in [0.1, 0.15) is 12.4 Å². The highest BCUT2D eigenvalue weighted by molar-refractivity contribution is 5.78. The van der Waals surface area contributed by atoms with Crippen molar-refractivity contribution in [3.05, 3.63) is 53.0 Å². The molecule has 1 atom stereocenters. The molecule has 0 bridgehead atoms. The zero-order valence-electron chi connectivity index (χ0n) is 17.4. The van der Waals surface area contributed by atoms with Crippen LogP contribution < -0.4 is 4.90 Å². The fourth-order valence-electron chi connectivity index (χ4n) is 4.52. The van der Waals surface area contributed by atoms with E-state index in [1.165, 1.54) is 11.1 Å². The number of anilines is 1. The minimum Gasteiger partial charge on any atom is -0.375 e. The highest BCUT2D eigenvalue weighted by Gasteiger charge is 2.32. The Morgan fingerprint density at radius 3 is 2.76 bits per heavy atom. The Morgan fingerprint density at radius 1 is 1.14 bits per heavy atom. The number of hydrogen-bond acceptors (Lipinski definition) is 5. The molecule has 1 aromatic heterocycles. The Balaban J connectivity index is 1.66. The summed E-state index contributed by atoms with van der Waals surface area (Å²) < 4.78 is 5.10. The van der Waals surface area contributed by atoms with E-state index in [2.05, 4.69) is 36.1 Å². The summed E-state index contributed by atoms with van der Waals surface area (Å²) in [6.07, 6.45) is 5.16. The van der Waals surface area contributed by atoms with E-state index in [9.17, 15) is 4.79 Å². The standard InChI is InChI=1S/C23H30N4O2/c1-17-19-11-8-13-26(15-18-9-4-3-5-10-18)23(19)25-22(24-17)20-12-6-7-14-27(20)21(28)16-29-2/h3-5,9-10,20H,6-8,11-16H2,1-2H3. The molecule has 0 N–H and O–H groups in total. The zero-order valence-corrected chi connectivity index (χ0v) is 17.4. The number of carbonyl (C=O) groups is 1. The molecule has 4 rings (SSSR count). The van der Waals surface area contributed by atoms with Gasteiger partial charge in [-0.15, -0.1) is 0 Å². The molecule has 2 aliphatic heterocycles. The molecule has 6 heteroatoms. The molecule has 29 heavy (non-hydrogen) atoms. The number of aromatic nitrogens is 2. The van der Waals surface area contributed by atoms with Gasteiger partial charge in [0.15, 0.2) is 5.82 Å². The van der Waals surface area contributed by atoms with Crippen molar-refractivity contribution in [2.75, 3.05) is 31.7 Å². The molecule has 0 spiro atoms. The van der Waals surface area contributed by atoms with E-state index in [1.54, 1.807) is 7.11 Å². The van der Waals surface area contributed by atoms with Crippen LogP contribution in [0.15, 0.2) is 30.3 Å². The minimum atomic E-state index is -0.0594. The quantitative estimate of drug-likeness (QED) is 0.778. The Hall–Kier alpha value is -2.47. The van der Waals surface area contributed by atoms with E-state index in [0.717, 1.165) is 69.1 Å². The number of hydrogen-bond donors (Lipinski definition) is 0. The van der Waals surface area contributed by atoms with E-state index in [4.69, 9.17) is 14.7 Å². The van der Waals surface area contributed by atoms with E-state index < -0.39 is 0 Å². The highest BCUT2D eigenvalue weighted by atomic mass is 16.5. The number of likely N-dealkylation sites (tertiary alicyclic amines) is 1. The number of benzene rings is 1. The molecule has 1 fully saturated rings. The molecule has 3 heterocycles.